The molecule has 0 N–H and O–H groups in total. The highest BCUT2D eigenvalue weighted by Crippen LogP contribution is 2.16. The summed E-state index contributed by atoms with van der Waals surface area (Å²) in [6.07, 6.45) is 0. The van der Waals surface area contributed by atoms with Gasteiger partial charge in [0.15, 0.2) is 6.61 Å². The van der Waals surface area contributed by atoms with Crippen LogP contribution in [-0.2, 0) is 16.1 Å². The molecule has 0 saturated heterocycles. The molecular weight excluding hydrogens is 288 g/mol. The Morgan fingerprint density at radius 1 is 1.05 bits per heavy atom. The molecule has 0 fully saturated rings. The second kappa shape index (κ2) is 7.14. The highest BCUT2D eigenvalue weighted by Gasteiger charge is 2.05. The molecule has 4 heteroatoms. The minimum absolute atomic E-state index is 0.101. The predicted octanol–water partition coefficient (Wildman–Crippen LogP) is 4.08. The minimum Gasteiger partial charge on any atom is -0.482 e. The Morgan fingerprint density at radius 3 is 2.43 bits per heavy atom. The number of halogens is 1. The first-order chi connectivity index (χ1) is 10.0. The minimum atomic E-state index is -0.400. The summed E-state index contributed by atoms with van der Waals surface area (Å²) in [5.74, 6) is 0.268. The van der Waals surface area contributed by atoms with Gasteiger partial charge >= 0.3 is 5.97 Å². The molecule has 0 bridgehead atoms. The molecule has 110 valence electrons. The first-order valence-electron chi connectivity index (χ1n) is 6.65. The van der Waals surface area contributed by atoms with Crippen molar-refractivity contribution in [3.8, 4) is 5.75 Å². The Labute approximate surface area is 129 Å². The van der Waals surface area contributed by atoms with Crippen LogP contribution in [-0.4, -0.2) is 12.6 Å². The number of esters is 1. The second-order valence-corrected chi connectivity index (χ2v) is 5.26. The second-order valence-electron chi connectivity index (χ2n) is 4.82. The van der Waals surface area contributed by atoms with Gasteiger partial charge in [-0.15, -0.1) is 0 Å². The van der Waals surface area contributed by atoms with Crippen LogP contribution >= 0.6 is 11.6 Å². The van der Waals surface area contributed by atoms with Gasteiger partial charge in [-0.05, 0) is 54.8 Å². The number of hydrogen-bond acceptors (Lipinski definition) is 3. The molecule has 0 unspecified atom stereocenters. The third kappa shape index (κ3) is 4.80. The third-order valence-corrected chi connectivity index (χ3v) is 3.40. The van der Waals surface area contributed by atoms with Gasteiger partial charge in [0, 0.05) is 5.02 Å². The van der Waals surface area contributed by atoms with E-state index in [0.717, 1.165) is 11.1 Å². The lowest BCUT2D eigenvalue weighted by atomic mass is 10.1. The Balaban J connectivity index is 1.79. The fraction of sp³-hybridized carbons (Fsp3) is 0.235. The molecule has 0 aliphatic rings. The van der Waals surface area contributed by atoms with E-state index in [2.05, 4.69) is 0 Å². The SMILES string of the molecule is Cc1ccc(OCC(=O)OCc2ccc(Cl)cc2)cc1C. The zero-order valence-electron chi connectivity index (χ0n) is 12.1. The molecule has 0 radical (unpaired) electrons. The molecule has 0 heterocycles. The van der Waals surface area contributed by atoms with Crippen LogP contribution in [0.25, 0.3) is 0 Å². The summed E-state index contributed by atoms with van der Waals surface area (Å²) in [5, 5.41) is 0.656. The van der Waals surface area contributed by atoms with Gasteiger partial charge in [-0.2, -0.15) is 0 Å². The summed E-state index contributed by atoms with van der Waals surface area (Å²) in [7, 11) is 0. The molecular formula is C17H17ClO3. The molecule has 0 spiro atoms. The number of rotatable bonds is 5. The van der Waals surface area contributed by atoms with E-state index >= 15 is 0 Å². The van der Waals surface area contributed by atoms with Gasteiger partial charge in [-0.3, -0.25) is 0 Å². The summed E-state index contributed by atoms with van der Waals surface area (Å²) in [6, 6.07) is 12.9. The molecule has 2 aromatic carbocycles. The summed E-state index contributed by atoms with van der Waals surface area (Å²) in [4.78, 5) is 11.6. The molecule has 21 heavy (non-hydrogen) atoms. The van der Waals surface area contributed by atoms with Crippen molar-refractivity contribution < 1.29 is 14.3 Å². The van der Waals surface area contributed by atoms with Gasteiger partial charge in [0.05, 0.1) is 0 Å². The molecule has 0 atom stereocenters. The lowest BCUT2D eigenvalue weighted by molar-refractivity contribution is -0.147. The van der Waals surface area contributed by atoms with E-state index in [1.165, 1.54) is 5.56 Å². The van der Waals surface area contributed by atoms with Gasteiger partial charge in [0.25, 0.3) is 0 Å². The van der Waals surface area contributed by atoms with Crippen LogP contribution in [0.1, 0.15) is 16.7 Å². The van der Waals surface area contributed by atoms with Gasteiger partial charge in [-0.1, -0.05) is 29.8 Å². The molecule has 3 nitrogen and oxygen atoms in total. The van der Waals surface area contributed by atoms with Crippen molar-refractivity contribution in [1.82, 2.24) is 0 Å². The van der Waals surface area contributed by atoms with Crippen LogP contribution in [0.15, 0.2) is 42.5 Å². The Bertz CT molecular complexity index is 620. The number of benzene rings is 2. The van der Waals surface area contributed by atoms with E-state index < -0.39 is 5.97 Å². The van der Waals surface area contributed by atoms with Crippen LogP contribution in [0.5, 0.6) is 5.75 Å². The van der Waals surface area contributed by atoms with Crippen LogP contribution in [0.2, 0.25) is 5.02 Å². The van der Waals surface area contributed by atoms with E-state index in [1.807, 2.05) is 44.2 Å². The Kier molecular flexibility index (Phi) is 5.23. The average molecular weight is 305 g/mol. The molecule has 0 amide bonds. The highest BCUT2D eigenvalue weighted by atomic mass is 35.5. The normalized spacial score (nSPS) is 10.2. The van der Waals surface area contributed by atoms with Crippen molar-refractivity contribution in [3.63, 3.8) is 0 Å². The van der Waals surface area contributed by atoms with E-state index in [-0.39, 0.29) is 13.2 Å². The first kappa shape index (κ1) is 15.4. The van der Waals surface area contributed by atoms with E-state index in [1.54, 1.807) is 12.1 Å². The highest BCUT2D eigenvalue weighted by molar-refractivity contribution is 6.30. The summed E-state index contributed by atoms with van der Waals surface area (Å²) >= 11 is 5.79. The number of carbonyl (C=O) groups excluding carboxylic acids is 1. The molecule has 0 aromatic heterocycles. The maximum absolute atomic E-state index is 11.6. The lowest BCUT2D eigenvalue weighted by Crippen LogP contribution is -2.14. The van der Waals surface area contributed by atoms with E-state index in [9.17, 15) is 4.79 Å². The maximum atomic E-state index is 11.6. The van der Waals surface area contributed by atoms with Crippen molar-refractivity contribution in [3.05, 3.63) is 64.2 Å². The molecule has 0 saturated carbocycles. The first-order valence-corrected chi connectivity index (χ1v) is 7.02. The number of ether oxygens (including phenoxy) is 2. The van der Waals surface area contributed by atoms with Gasteiger partial charge < -0.3 is 9.47 Å². The van der Waals surface area contributed by atoms with Crippen LogP contribution < -0.4 is 4.74 Å². The maximum Gasteiger partial charge on any atom is 0.344 e. The van der Waals surface area contributed by atoms with Gasteiger partial charge in [0.1, 0.15) is 12.4 Å². The van der Waals surface area contributed by atoms with Crippen LogP contribution in [0.3, 0.4) is 0 Å². The number of hydrogen-bond donors (Lipinski definition) is 0. The topological polar surface area (TPSA) is 35.5 Å². The average Bonchev–Trinajstić information content (AvgIpc) is 2.48. The monoisotopic (exact) mass is 304 g/mol. The third-order valence-electron chi connectivity index (χ3n) is 3.15. The van der Waals surface area contributed by atoms with Crippen molar-refractivity contribution in [1.29, 1.82) is 0 Å². The summed E-state index contributed by atoms with van der Waals surface area (Å²) in [5.41, 5.74) is 3.20. The van der Waals surface area contributed by atoms with Crippen molar-refractivity contribution in [2.24, 2.45) is 0 Å². The molecule has 2 rings (SSSR count). The fourth-order valence-corrected chi connectivity index (χ4v) is 1.86. The van der Waals surface area contributed by atoms with Gasteiger partial charge in [-0.25, -0.2) is 4.79 Å². The zero-order chi connectivity index (χ0) is 15.2. The molecule has 2 aromatic rings. The largest absolute Gasteiger partial charge is 0.482 e. The van der Waals surface area contributed by atoms with E-state index in [4.69, 9.17) is 21.1 Å². The van der Waals surface area contributed by atoms with Crippen molar-refractivity contribution in [2.75, 3.05) is 6.61 Å². The smallest absolute Gasteiger partial charge is 0.344 e. The Hall–Kier alpha value is -2.00. The molecule has 0 aliphatic heterocycles. The number of carbonyl (C=O) groups is 1. The van der Waals surface area contributed by atoms with E-state index in [0.29, 0.717) is 10.8 Å². The van der Waals surface area contributed by atoms with Crippen molar-refractivity contribution in [2.45, 2.75) is 20.5 Å². The van der Waals surface area contributed by atoms with Crippen molar-refractivity contribution >= 4 is 17.6 Å². The standard InChI is InChI=1S/C17H17ClO3/c1-12-3-8-16(9-13(12)2)20-11-17(19)21-10-14-4-6-15(18)7-5-14/h3-9H,10-11H2,1-2H3. The molecule has 0 aliphatic carbocycles. The quantitative estimate of drug-likeness (QED) is 0.781. The summed E-state index contributed by atoms with van der Waals surface area (Å²) in [6.45, 7) is 4.14. The summed E-state index contributed by atoms with van der Waals surface area (Å²) < 4.78 is 10.6. The predicted molar refractivity (Wildman–Crippen MR) is 82.7 cm³/mol. The fourth-order valence-electron chi connectivity index (χ4n) is 1.73. The lowest BCUT2D eigenvalue weighted by Gasteiger charge is -2.08. The zero-order valence-corrected chi connectivity index (χ0v) is 12.8. The Morgan fingerprint density at radius 2 is 1.76 bits per heavy atom. The van der Waals surface area contributed by atoms with Crippen LogP contribution in [0.4, 0.5) is 0 Å². The van der Waals surface area contributed by atoms with Crippen LogP contribution in [0, 0.1) is 13.8 Å². The van der Waals surface area contributed by atoms with Gasteiger partial charge in [0.2, 0.25) is 0 Å². The number of aryl methyl sites for hydroxylation is 2.